The molecule has 5 nitrogen and oxygen atoms in total. The summed E-state index contributed by atoms with van der Waals surface area (Å²) in [4.78, 5) is 8.31. The van der Waals surface area contributed by atoms with Crippen molar-refractivity contribution in [3.05, 3.63) is 65.9 Å². The molecule has 0 atom stereocenters. The first-order valence-electron chi connectivity index (χ1n) is 7.33. The molecule has 0 radical (unpaired) electrons. The van der Waals surface area contributed by atoms with Crippen molar-refractivity contribution in [1.82, 2.24) is 14.5 Å². The van der Waals surface area contributed by atoms with Crippen molar-refractivity contribution in [3.63, 3.8) is 0 Å². The van der Waals surface area contributed by atoms with Gasteiger partial charge >= 0.3 is 0 Å². The fourth-order valence-corrected chi connectivity index (χ4v) is 2.13. The number of anilines is 1. The third kappa shape index (κ3) is 3.34. The second kappa shape index (κ2) is 6.66. The van der Waals surface area contributed by atoms with E-state index >= 15 is 0 Å². The summed E-state index contributed by atoms with van der Waals surface area (Å²) in [6, 6.07) is 7.09. The van der Waals surface area contributed by atoms with E-state index in [2.05, 4.69) is 15.3 Å². The molecular weight excluding hydrogens is 314 g/mol. The first-order valence-corrected chi connectivity index (χ1v) is 7.33. The Bertz CT molecular complexity index is 846. The number of rotatable bonds is 5. The number of pyridine rings is 1. The van der Waals surface area contributed by atoms with Gasteiger partial charge in [-0.1, -0.05) is 6.07 Å². The molecular formula is C17H16F2N4O. The largest absolute Gasteiger partial charge is 0.436 e. The molecule has 24 heavy (non-hydrogen) atoms. The molecule has 0 fully saturated rings. The number of aryl methyl sites for hydroxylation is 1. The lowest BCUT2D eigenvalue weighted by atomic mass is 10.3. The van der Waals surface area contributed by atoms with Crippen LogP contribution >= 0.6 is 0 Å². The molecule has 0 saturated heterocycles. The van der Waals surface area contributed by atoms with Crippen LogP contribution in [0.15, 0.2) is 42.7 Å². The molecule has 2 heterocycles. The van der Waals surface area contributed by atoms with Crippen molar-refractivity contribution >= 4 is 5.69 Å². The fraction of sp³-hybridized carbons (Fsp3) is 0.176. The Morgan fingerprint density at radius 1 is 1.12 bits per heavy atom. The van der Waals surface area contributed by atoms with Crippen LogP contribution < -0.4 is 10.1 Å². The van der Waals surface area contributed by atoms with Gasteiger partial charge in [0.1, 0.15) is 5.82 Å². The van der Waals surface area contributed by atoms with Gasteiger partial charge in [-0.2, -0.15) is 4.39 Å². The number of nitrogens with zero attached hydrogens (tertiary/aromatic N) is 3. The van der Waals surface area contributed by atoms with Crippen LogP contribution in [0.1, 0.15) is 11.5 Å². The van der Waals surface area contributed by atoms with Gasteiger partial charge in [-0.15, -0.1) is 0 Å². The summed E-state index contributed by atoms with van der Waals surface area (Å²) in [7, 11) is 1.95. The standard InChI is InChI=1S/C17H16F2N4O/c1-11-20-9-13(23(11)2)10-21-12-6-7-16(22-8-12)24-15-5-3-4-14(18)17(15)19/h3-9,21H,10H2,1-2H3. The fourth-order valence-electron chi connectivity index (χ4n) is 2.13. The summed E-state index contributed by atoms with van der Waals surface area (Å²) < 4.78 is 34.0. The van der Waals surface area contributed by atoms with Crippen LogP contribution in [0.5, 0.6) is 11.6 Å². The van der Waals surface area contributed by atoms with Crippen LogP contribution in [0.4, 0.5) is 14.5 Å². The van der Waals surface area contributed by atoms with Gasteiger partial charge in [-0.25, -0.2) is 14.4 Å². The third-order valence-electron chi connectivity index (χ3n) is 3.66. The Morgan fingerprint density at radius 3 is 2.62 bits per heavy atom. The topological polar surface area (TPSA) is 52.0 Å². The first-order chi connectivity index (χ1) is 11.5. The van der Waals surface area contributed by atoms with E-state index in [1.54, 1.807) is 24.5 Å². The van der Waals surface area contributed by atoms with Gasteiger partial charge in [0.2, 0.25) is 11.7 Å². The highest BCUT2D eigenvalue weighted by Crippen LogP contribution is 2.25. The van der Waals surface area contributed by atoms with Crippen molar-refractivity contribution in [3.8, 4) is 11.6 Å². The minimum atomic E-state index is -1.03. The monoisotopic (exact) mass is 330 g/mol. The average molecular weight is 330 g/mol. The quantitative estimate of drug-likeness (QED) is 0.773. The number of ether oxygens (including phenoxy) is 1. The summed E-state index contributed by atoms with van der Waals surface area (Å²) in [5, 5.41) is 3.21. The second-order valence-electron chi connectivity index (χ2n) is 5.25. The number of benzene rings is 1. The Labute approximate surface area is 137 Å². The Hall–Kier alpha value is -2.96. The SMILES string of the molecule is Cc1ncc(CNc2ccc(Oc3cccc(F)c3F)nc2)n1C. The van der Waals surface area contributed by atoms with E-state index in [1.165, 1.54) is 12.1 Å². The smallest absolute Gasteiger partial charge is 0.219 e. The maximum atomic E-state index is 13.6. The highest BCUT2D eigenvalue weighted by atomic mass is 19.2. The van der Waals surface area contributed by atoms with Gasteiger partial charge in [0, 0.05) is 13.1 Å². The molecule has 1 N–H and O–H groups in total. The third-order valence-corrected chi connectivity index (χ3v) is 3.66. The molecule has 0 aliphatic carbocycles. The number of imidazole rings is 1. The predicted octanol–water partition coefficient (Wildman–Crippen LogP) is 3.81. The van der Waals surface area contributed by atoms with Crippen molar-refractivity contribution < 1.29 is 13.5 Å². The van der Waals surface area contributed by atoms with Gasteiger partial charge in [0.25, 0.3) is 0 Å². The maximum absolute atomic E-state index is 13.6. The summed E-state index contributed by atoms with van der Waals surface area (Å²) in [5.41, 5.74) is 1.82. The maximum Gasteiger partial charge on any atom is 0.219 e. The highest BCUT2D eigenvalue weighted by Gasteiger charge is 2.10. The van der Waals surface area contributed by atoms with Crippen LogP contribution in [-0.2, 0) is 13.6 Å². The van der Waals surface area contributed by atoms with Crippen LogP contribution in [0.3, 0.4) is 0 Å². The zero-order chi connectivity index (χ0) is 17.1. The van der Waals surface area contributed by atoms with Gasteiger partial charge in [-0.05, 0) is 25.1 Å². The van der Waals surface area contributed by atoms with E-state index in [9.17, 15) is 8.78 Å². The molecule has 0 bridgehead atoms. The molecule has 0 aliphatic rings. The summed E-state index contributed by atoms with van der Waals surface area (Å²) >= 11 is 0. The molecule has 1 aromatic carbocycles. The predicted molar refractivity (Wildman–Crippen MR) is 85.9 cm³/mol. The van der Waals surface area contributed by atoms with E-state index in [-0.39, 0.29) is 11.6 Å². The van der Waals surface area contributed by atoms with E-state index in [1.807, 2.05) is 18.5 Å². The van der Waals surface area contributed by atoms with Gasteiger partial charge in [0.15, 0.2) is 11.6 Å². The lowest BCUT2D eigenvalue weighted by Gasteiger charge is -2.09. The zero-order valence-corrected chi connectivity index (χ0v) is 13.3. The molecule has 0 saturated carbocycles. The normalized spacial score (nSPS) is 10.7. The van der Waals surface area contributed by atoms with Crippen LogP contribution in [0, 0.1) is 18.6 Å². The van der Waals surface area contributed by atoms with Crippen LogP contribution in [0.25, 0.3) is 0 Å². The molecule has 0 spiro atoms. The van der Waals surface area contributed by atoms with Crippen molar-refractivity contribution in [2.45, 2.75) is 13.5 Å². The summed E-state index contributed by atoms with van der Waals surface area (Å²) in [6.45, 7) is 2.53. The Morgan fingerprint density at radius 2 is 1.96 bits per heavy atom. The van der Waals surface area contributed by atoms with Crippen LogP contribution in [-0.4, -0.2) is 14.5 Å². The minimum Gasteiger partial charge on any atom is -0.436 e. The lowest BCUT2D eigenvalue weighted by Crippen LogP contribution is -2.05. The molecule has 0 amide bonds. The molecule has 0 aliphatic heterocycles. The second-order valence-corrected chi connectivity index (χ2v) is 5.25. The van der Waals surface area contributed by atoms with E-state index in [0.717, 1.165) is 23.3 Å². The summed E-state index contributed by atoms with van der Waals surface area (Å²) in [5.74, 6) is -1.08. The van der Waals surface area contributed by atoms with Gasteiger partial charge in [-0.3, -0.25) is 0 Å². The van der Waals surface area contributed by atoms with E-state index in [0.29, 0.717) is 6.54 Å². The molecule has 3 aromatic rings. The highest BCUT2D eigenvalue weighted by molar-refractivity contribution is 5.43. The minimum absolute atomic E-state index is 0.182. The molecule has 7 heteroatoms. The van der Waals surface area contributed by atoms with E-state index in [4.69, 9.17) is 4.74 Å². The molecule has 3 rings (SSSR count). The van der Waals surface area contributed by atoms with Crippen molar-refractivity contribution in [1.29, 1.82) is 0 Å². The summed E-state index contributed by atoms with van der Waals surface area (Å²) in [6.07, 6.45) is 3.37. The first kappa shape index (κ1) is 15.9. The van der Waals surface area contributed by atoms with Gasteiger partial charge in [0.05, 0.1) is 30.3 Å². The number of hydrogen-bond donors (Lipinski definition) is 1. The molecule has 0 unspecified atom stereocenters. The number of aromatic nitrogens is 3. The van der Waals surface area contributed by atoms with Crippen molar-refractivity contribution in [2.24, 2.45) is 7.05 Å². The lowest BCUT2D eigenvalue weighted by molar-refractivity contribution is 0.405. The Balaban J connectivity index is 1.65. The number of hydrogen-bond acceptors (Lipinski definition) is 4. The zero-order valence-electron chi connectivity index (χ0n) is 13.3. The Kier molecular flexibility index (Phi) is 4.41. The average Bonchev–Trinajstić information content (AvgIpc) is 2.90. The van der Waals surface area contributed by atoms with E-state index < -0.39 is 11.6 Å². The molecule has 2 aromatic heterocycles. The van der Waals surface area contributed by atoms with Crippen LogP contribution in [0.2, 0.25) is 0 Å². The van der Waals surface area contributed by atoms with Gasteiger partial charge < -0.3 is 14.6 Å². The molecule has 124 valence electrons. The number of halogens is 2. The number of nitrogens with one attached hydrogen (secondary N) is 1. The van der Waals surface area contributed by atoms with Crippen molar-refractivity contribution in [2.75, 3.05) is 5.32 Å².